The molecule has 140 valence electrons. The van der Waals surface area contributed by atoms with Gasteiger partial charge in [0, 0.05) is 17.6 Å². The number of benzene rings is 1. The molecule has 0 aliphatic heterocycles. The minimum Gasteiger partial charge on any atom is -0.464 e. The highest BCUT2D eigenvalue weighted by molar-refractivity contribution is 5.79. The molecule has 1 fully saturated rings. The minimum absolute atomic E-state index is 0.0345. The van der Waals surface area contributed by atoms with Gasteiger partial charge in [0.2, 0.25) is 5.91 Å². The van der Waals surface area contributed by atoms with Crippen LogP contribution in [0.15, 0.2) is 34.7 Å². The predicted octanol–water partition coefficient (Wildman–Crippen LogP) is 4.05. The summed E-state index contributed by atoms with van der Waals surface area (Å²) in [7, 11) is 1.75. The Kier molecular flexibility index (Phi) is 5.41. The summed E-state index contributed by atoms with van der Waals surface area (Å²) in [5.41, 5.74) is 0.250. The van der Waals surface area contributed by atoms with Crippen molar-refractivity contribution in [2.45, 2.75) is 45.3 Å². The molecule has 0 N–H and O–H groups in total. The van der Waals surface area contributed by atoms with Gasteiger partial charge in [-0.05, 0) is 64.1 Å². The van der Waals surface area contributed by atoms with Crippen molar-refractivity contribution in [3.8, 4) is 0 Å². The van der Waals surface area contributed by atoms with Gasteiger partial charge in [0.15, 0.2) is 0 Å². The second-order valence-corrected chi connectivity index (χ2v) is 7.02. The van der Waals surface area contributed by atoms with Gasteiger partial charge in [-0.25, -0.2) is 8.78 Å². The topological polar surface area (TPSA) is 36.7 Å². The SMILES string of the molecule is Cc1ccc(CN(C(=O)CN(C)C(C)c2cc(F)ccc2F)C2CC2)o1. The summed E-state index contributed by atoms with van der Waals surface area (Å²) in [6.45, 7) is 4.21. The third-order valence-electron chi connectivity index (χ3n) is 4.88. The molecule has 0 bridgehead atoms. The van der Waals surface area contributed by atoms with Gasteiger partial charge in [0.25, 0.3) is 0 Å². The first-order chi connectivity index (χ1) is 12.3. The molecule has 2 aromatic rings. The van der Waals surface area contributed by atoms with E-state index >= 15 is 0 Å². The number of halogens is 2. The number of likely N-dealkylation sites (N-methyl/N-ethyl adjacent to an activating group) is 1. The normalized spacial score (nSPS) is 15.3. The fraction of sp³-hybridized carbons (Fsp3) is 0.450. The molecule has 0 radical (unpaired) electrons. The zero-order valence-corrected chi connectivity index (χ0v) is 15.3. The summed E-state index contributed by atoms with van der Waals surface area (Å²) in [5.74, 6) is 0.585. The molecular formula is C20H24F2N2O2. The van der Waals surface area contributed by atoms with Crippen molar-refractivity contribution in [3.63, 3.8) is 0 Å². The largest absolute Gasteiger partial charge is 0.464 e. The van der Waals surface area contributed by atoms with Crippen LogP contribution in [0.3, 0.4) is 0 Å². The average Bonchev–Trinajstić information content (AvgIpc) is 3.36. The Bertz CT molecular complexity index is 786. The van der Waals surface area contributed by atoms with Gasteiger partial charge in [-0.15, -0.1) is 0 Å². The summed E-state index contributed by atoms with van der Waals surface area (Å²) in [4.78, 5) is 16.4. The lowest BCUT2D eigenvalue weighted by molar-refractivity contribution is -0.134. The zero-order valence-electron chi connectivity index (χ0n) is 15.3. The summed E-state index contributed by atoms with van der Waals surface area (Å²) in [6, 6.07) is 6.98. The summed E-state index contributed by atoms with van der Waals surface area (Å²) >= 11 is 0. The average molecular weight is 362 g/mol. The molecule has 1 aliphatic rings. The van der Waals surface area contributed by atoms with Crippen LogP contribution in [0, 0.1) is 18.6 Å². The lowest BCUT2D eigenvalue weighted by Crippen LogP contribution is -2.40. The van der Waals surface area contributed by atoms with E-state index in [2.05, 4.69) is 0 Å². The molecule has 3 rings (SSSR count). The Morgan fingerprint density at radius 2 is 2.00 bits per heavy atom. The molecule has 4 nitrogen and oxygen atoms in total. The van der Waals surface area contributed by atoms with E-state index in [4.69, 9.17) is 4.42 Å². The Morgan fingerprint density at radius 1 is 1.27 bits per heavy atom. The number of furan rings is 1. The summed E-state index contributed by atoms with van der Waals surface area (Å²) < 4.78 is 33.0. The highest BCUT2D eigenvalue weighted by Crippen LogP contribution is 2.30. The smallest absolute Gasteiger partial charge is 0.237 e. The van der Waals surface area contributed by atoms with Crippen molar-refractivity contribution < 1.29 is 18.0 Å². The number of carbonyl (C=O) groups is 1. The molecule has 1 saturated carbocycles. The van der Waals surface area contributed by atoms with Gasteiger partial charge in [-0.2, -0.15) is 0 Å². The number of amides is 1. The molecule has 1 heterocycles. The molecule has 0 saturated heterocycles. The number of nitrogens with zero attached hydrogens (tertiary/aromatic N) is 2. The number of hydrogen-bond donors (Lipinski definition) is 0. The molecule has 0 spiro atoms. The fourth-order valence-corrected chi connectivity index (χ4v) is 3.06. The van der Waals surface area contributed by atoms with Crippen molar-refractivity contribution >= 4 is 5.91 Å². The van der Waals surface area contributed by atoms with E-state index < -0.39 is 17.7 Å². The molecule has 1 unspecified atom stereocenters. The van der Waals surface area contributed by atoms with E-state index in [0.29, 0.717) is 6.54 Å². The number of carbonyl (C=O) groups excluding carboxylic acids is 1. The molecule has 1 amide bonds. The number of hydrogen-bond acceptors (Lipinski definition) is 3. The van der Waals surface area contributed by atoms with E-state index in [1.165, 1.54) is 6.07 Å². The van der Waals surface area contributed by atoms with Crippen LogP contribution in [0.5, 0.6) is 0 Å². The standard InChI is InChI=1S/C20H24F2N2O2/c1-13-4-8-17(26-13)11-24(16-6-7-16)20(25)12-23(3)14(2)18-10-15(21)5-9-19(18)22/h4-5,8-10,14,16H,6-7,11-12H2,1-3H3. The molecule has 1 atom stereocenters. The monoisotopic (exact) mass is 362 g/mol. The van der Waals surface area contributed by atoms with Gasteiger partial charge in [-0.3, -0.25) is 9.69 Å². The molecule has 1 aliphatic carbocycles. The van der Waals surface area contributed by atoms with Crippen LogP contribution < -0.4 is 0 Å². The Hall–Kier alpha value is -2.21. The van der Waals surface area contributed by atoms with Gasteiger partial charge in [-0.1, -0.05) is 0 Å². The van der Waals surface area contributed by atoms with Crippen LogP contribution in [0.1, 0.15) is 42.9 Å². The van der Waals surface area contributed by atoms with Crippen molar-refractivity contribution in [1.29, 1.82) is 0 Å². The van der Waals surface area contributed by atoms with Crippen LogP contribution >= 0.6 is 0 Å². The van der Waals surface area contributed by atoms with Crippen LogP contribution in [0.2, 0.25) is 0 Å². The van der Waals surface area contributed by atoms with Crippen molar-refractivity contribution in [3.05, 3.63) is 59.1 Å². The molecule has 1 aromatic carbocycles. The fourth-order valence-electron chi connectivity index (χ4n) is 3.06. The van der Waals surface area contributed by atoms with E-state index in [9.17, 15) is 13.6 Å². The molecule has 6 heteroatoms. The lowest BCUT2D eigenvalue weighted by atomic mass is 10.1. The van der Waals surface area contributed by atoms with Crippen molar-refractivity contribution in [2.24, 2.45) is 0 Å². The first kappa shape index (κ1) is 18.6. The number of rotatable bonds is 7. The third kappa shape index (κ3) is 4.30. The van der Waals surface area contributed by atoms with E-state index in [1.807, 2.05) is 24.0 Å². The van der Waals surface area contributed by atoms with Crippen LogP contribution in [0.4, 0.5) is 8.78 Å². The Balaban J connectivity index is 1.67. The maximum absolute atomic E-state index is 14.0. The second-order valence-electron chi connectivity index (χ2n) is 7.02. The zero-order chi connectivity index (χ0) is 18.8. The molecular weight excluding hydrogens is 338 g/mol. The highest BCUT2D eigenvalue weighted by atomic mass is 19.1. The Labute approximate surface area is 152 Å². The third-order valence-corrected chi connectivity index (χ3v) is 4.88. The van der Waals surface area contributed by atoms with Gasteiger partial charge >= 0.3 is 0 Å². The van der Waals surface area contributed by atoms with Crippen LogP contribution in [0.25, 0.3) is 0 Å². The second kappa shape index (κ2) is 7.58. The maximum Gasteiger partial charge on any atom is 0.237 e. The molecule has 1 aromatic heterocycles. The predicted molar refractivity (Wildman–Crippen MR) is 94.4 cm³/mol. The van der Waals surface area contributed by atoms with E-state index in [1.54, 1.807) is 18.9 Å². The van der Waals surface area contributed by atoms with Gasteiger partial charge in [0.05, 0.1) is 13.1 Å². The first-order valence-corrected chi connectivity index (χ1v) is 8.85. The van der Waals surface area contributed by atoms with E-state index in [0.717, 1.165) is 36.5 Å². The first-order valence-electron chi connectivity index (χ1n) is 8.85. The Morgan fingerprint density at radius 3 is 2.62 bits per heavy atom. The van der Waals surface area contributed by atoms with Crippen LogP contribution in [-0.4, -0.2) is 35.3 Å². The lowest BCUT2D eigenvalue weighted by Gasteiger charge is -2.28. The van der Waals surface area contributed by atoms with Gasteiger partial charge < -0.3 is 9.32 Å². The molecule has 26 heavy (non-hydrogen) atoms. The van der Waals surface area contributed by atoms with Gasteiger partial charge in [0.1, 0.15) is 23.2 Å². The minimum atomic E-state index is -0.485. The summed E-state index contributed by atoms with van der Waals surface area (Å²) in [6.07, 6.45) is 1.98. The summed E-state index contributed by atoms with van der Waals surface area (Å²) in [5, 5.41) is 0. The van der Waals surface area contributed by atoms with Crippen molar-refractivity contribution in [1.82, 2.24) is 9.80 Å². The number of aryl methyl sites for hydroxylation is 1. The highest BCUT2D eigenvalue weighted by Gasteiger charge is 2.34. The maximum atomic E-state index is 14.0. The van der Waals surface area contributed by atoms with Crippen molar-refractivity contribution in [2.75, 3.05) is 13.6 Å². The quantitative estimate of drug-likeness (QED) is 0.746. The van der Waals surface area contributed by atoms with Crippen LogP contribution in [-0.2, 0) is 11.3 Å². The van der Waals surface area contributed by atoms with E-state index in [-0.39, 0.29) is 24.1 Å².